The highest BCUT2D eigenvalue weighted by molar-refractivity contribution is 5.87. The summed E-state index contributed by atoms with van der Waals surface area (Å²) in [4.78, 5) is 16.3. The van der Waals surface area contributed by atoms with Gasteiger partial charge in [-0.05, 0) is 35.0 Å². The van der Waals surface area contributed by atoms with Crippen molar-refractivity contribution in [3.63, 3.8) is 0 Å². The first kappa shape index (κ1) is 15.1. The maximum absolute atomic E-state index is 12.2. The first-order chi connectivity index (χ1) is 12.3. The summed E-state index contributed by atoms with van der Waals surface area (Å²) < 4.78 is 11.5. The van der Waals surface area contributed by atoms with Gasteiger partial charge in [0.25, 0.3) is 5.91 Å². The normalized spacial score (nSPS) is 16.1. The summed E-state index contributed by atoms with van der Waals surface area (Å²) in [5, 5.41) is 5.99. The van der Waals surface area contributed by atoms with Gasteiger partial charge in [-0.25, -0.2) is 5.43 Å². The highest BCUT2D eigenvalue weighted by atomic mass is 16.6. The fraction of sp³-hybridized carbons (Fsp3) is 0.105. The second kappa shape index (κ2) is 6.60. The van der Waals surface area contributed by atoms with Crippen LogP contribution in [0.5, 0.6) is 11.5 Å². The first-order valence-corrected chi connectivity index (χ1v) is 7.86. The van der Waals surface area contributed by atoms with Crippen LogP contribution < -0.4 is 14.9 Å². The maximum atomic E-state index is 12.2. The number of pyridine rings is 1. The predicted octanol–water partition coefficient (Wildman–Crippen LogP) is 2.52. The first-order valence-electron chi connectivity index (χ1n) is 7.86. The number of hydrogen-bond donors (Lipinski definition) is 1. The molecule has 1 aromatic heterocycles. The minimum Gasteiger partial charge on any atom is -0.485 e. The Kier molecular flexibility index (Phi) is 4.00. The van der Waals surface area contributed by atoms with Crippen molar-refractivity contribution in [2.45, 2.75) is 6.10 Å². The molecule has 3 aromatic rings. The van der Waals surface area contributed by atoms with Gasteiger partial charge in [0.05, 0.1) is 11.9 Å². The lowest BCUT2D eigenvalue weighted by atomic mass is 10.1. The number of hydrogen-bond acceptors (Lipinski definition) is 5. The molecule has 2 heterocycles. The van der Waals surface area contributed by atoms with Crippen LogP contribution in [0.15, 0.2) is 65.9 Å². The van der Waals surface area contributed by atoms with Crippen molar-refractivity contribution < 1.29 is 14.3 Å². The lowest BCUT2D eigenvalue weighted by molar-refractivity contribution is -0.130. The largest absolute Gasteiger partial charge is 0.485 e. The fourth-order valence-electron chi connectivity index (χ4n) is 2.57. The molecule has 0 radical (unpaired) electrons. The second-order valence-corrected chi connectivity index (χ2v) is 5.55. The number of rotatable bonds is 3. The summed E-state index contributed by atoms with van der Waals surface area (Å²) in [6.07, 6.45) is 2.38. The molecule has 1 unspecified atom stereocenters. The molecule has 6 heteroatoms. The Hall–Kier alpha value is -3.41. The molecule has 0 bridgehead atoms. The molecule has 0 saturated carbocycles. The van der Waals surface area contributed by atoms with E-state index in [1.54, 1.807) is 12.3 Å². The van der Waals surface area contributed by atoms with Crippen LogP contribution in [0.1, 0.15) is 5.69 Å². The van der Waals surface area contributed by atoms with E-state index in [0.29, 0.717) is 17.2 Å². The molecular weight excluding hydrogens is 318 g/mol. The van der Waals surface area contributed by atoms with Gasteiger partial charge in [0.1, 0.15) is 6.61 Å². The summed E-state index contributed by atoms with van der Waals surface area (Å²) >= 11 is 0. The number of hydrazone groups is 1. The molecule has 25 heavy (non-hydrogen) atoms. The minimum absolute atomic E-state index is 0.135. The summed E-state index contributed by atoms with van der Waals surface area (Å²) in [6, 6.07) is 17.1. The zero-order valence-corrected chi connectivity index (χ0v) is 13.3. The van der Waals surface area contributed by atoms with Gasteiger partial charge in [-0.3, -0.25) is 9.78 Å². The molecule has 124 valence electrons. The van der Waals surface area contributed by atoms with Crippen LogP contribution in [0.25, 0.3) is 10.8 Å². The average molecular weight is 333 g/mol. The lowest BCUT2D eigenvalue weighted by Crippen LogP contribution is -2.42. The third kappa shape index (κ3) is 3.28. The van der Waals surface area contributed by atoms with Crippen molar-refractivity contribution >= 4 is 22.9 Å². The Bertz CT molecular complexity index is 941. The number of amides is 1. The number of fused-ring (bicyclic) bond motifs is 2. The minimum atomic E-state index is -0.755. The monoisotopic (exact) mass is 333 g/mol. The standard InChI is InChI=1S/C19H15N3O3/c23-19(22-21-11-15-7-3-4-8-20-15)18-12-24-16-9-13-5-1-2-6-14(13)10-17(16)25-18/h1-11,18H,12H2,(H,22,23)/b21-11+. The van der Waals surface area contributed by atoms with Crippen LogP contribution in [-0.4, -0.2) is 29.8 Å². The Morgan fingerprint density at radius 2 is 1.88 bits per heavy atom. The van der Waals surface area contributed by atoms with Gasteiger partial charge < -0.3 is 9.47 Å². The van der Waals surface area contributed by atoms with Crippen molar-refractivity contribution in [2.75, 3.05) is 6.61 Å². The highest BCUT2D eigenvalue weighted by Crippen LogP contribution is 2.35. The number of ether oxygens (including phenoxy) is 2. The quantitative estimate of drug-likeness (QED) is 0.590. The predicted molar refractivity (Wildman–Crippen MR) is 93.8 cm³/mol. The topological polar surface area (TPSA) is 72.8 Å². The smallest absolute Gasteiger partial charge is 0.284 e. The summed E-state index contributed by atoms with van der Waals surface area (Å²) in [6.45, 7) is 0.135. The van der Waals surface area contributed by atoms with Crippen molar-refractivity contribution in [1.82, 2.24) is 10.4 Å². The molecule has 2 aromatic carbocycles. The summed E-state index contributed by atoms with van der Waals surface area (Å²) in [7, 11) is 0. The Labute approximate surface area is 144 Å². The van der Waals surface area contributed by atoms with E-state index >= 15 is 0 Å². The van der Waals surface area contributed by atoms with Crippen LogP contribution in [0, 0.1) is 0 Å². The van der Waals surface area contributed by atoms with E-state index in [4.69, 9.17) is 9.47 Å². The molecule has 4 rings (SSSR count). The van der Waals surface area contributed by atoms with Gasteiger partial charge in [-0.2, -0.15) is 5.10 Å². The van der Waals surface area contributed by atoms with E-state index in [1.165, 1.54) is 6.21 Å². The fourth-order valence-corrected chi connectivity index (χ4v) is 2.57. The zero-order valence-electron chi connectivity index (χ0n) is 13.3. The SMILES string of the molecule is O=C(N/N=C/c1ccccn1)C1COc2cc3ccccc3cc2O1. The van der Waals surface area contributed by atoms with Crippen molar-refractivity contribution in [1.29, 1.82) is 0 Å². The molecule has 0 fully saturated rings. The average Bonchev–Trinajstić information content (AvgIpc) is 2.66. The van der Waals surface area contributed by atoms with Gasteiger partial charge in [0.15, 0.2) is 11.5 Å². The van der Waals surface area contributed by atoms with Crippen molar-refractivity contribution in [3.8, 4) is 11.5 Å². The van der Waals surface area contributed by atoms with Gasteiger partial charge in [0.2, 0.25) is 6.10 Å². The van der Waals surface area contributed by atoms with Crippen molar-refractivity contribution in [2.24, 2.45) is 5.10 Å². The third-order valence-electron chi connectivity index (χ3n) is 3.82. The van der Waals surface area contributed by atoms with E-state index in [1.807, 2.05) is 48.5 Å². The van der Waals surface area contributed by atoms with E-state index in [9.17, 15) is 4.79 Å². The number of benzene rings is 2. The van der Waals surface area contributed by atoms with Gasteiger partial charge in [-0.15, -0.1) is 0 Å². The Morgan fingerprint density at radius 3 is 2.64 bits per heavy atom. The number of nitrogens with one attached hydrogen (secondary N) is 1. The number of nitrogens with zero attached hydrogens (tertiary/aromatic N) is 2. The van der Waals surface area contributed by atoms with E-state index in [0.717, 1.165) is 10.8 Å². The molecular formula is C19H15N3O3. The van der Waals surface area contributed by atoms with Crippen LogP contribution in [0.4, 0.5) is 0 Å². The number of carbonyl (C=O) groups excluding carboxylic acids is 1. The van der Waals surface area contributed by atoms with Crippen molar-refractivity contribution in [3.05, 3.63) is 66.5 Å². The third-order valence-corrected chi connectivity index (χ3v) is 3.82. The molecule has 1 aliphatic rings. The molecule has 0 saturated heterocycles. The molecule has 0 aliphatic carbocycles. The van der Waals surface area contributed by atoms with Crippen LogP contribution in [0.3, 0.4) is 0 Å². The summed E-state index contributed by atoms with van der Waals surface area (Å²) in [5.74, 6) is 0.824. The van der Waals surface area contributed by atoms with E-state index < -0.39 is 6.10 Å². The number of carbonyl (C=O) groups is 1. The summed E-state index contributed by atoms with van der Waals surface area (Å²) in [5.41, 5.74) is 3.11. The molecule has 1 N–H and O–H groups in total. The molecule has 1 aliphatic heterocycles. The molecule has 6 nitrogen and oxygen atoms in total. The lowest BCUT2D eigenvalue weighted by Gasteiger charge is -2.25. The van der Waals surface area contributed by atoms with Gasteiger partial charge >= 0.3 is 0 Å². The Morgan fingerprint density at radius 1 is 1.12 bits per heavy atom. The van der Waals surface area contributed by atoms with Gasteiger partial charge in [-0.1, -0.05) is 30.3 Å². The van der Waals surface area contributed by atoms with Gasteiger partial charge in [0, 0.05) is 6.20 Å². The number of aromatic nitrogens is 1. The second-order valence-electron chi connectivity index (χ2n) is 5.55. The highest BCUT2D eigenvalue weighted by Gasteiger charge is 2.27. The molecule has 0 spiro atoms. The maximum Gasteiger partial charge on any atom is 0.284 e. The van der Waals surface area contributed by atoms with E-state index in [2.05, 4.69) is 15.5 Å². The molecule has 1 amide bonds. The molecule has 1 atom stereocenters. The van der Waals surface area contributed by atoms with Crippen LogP contribution >= 0.6 is 0 Å². The van der Waals surface area contributed by atoms with E-state index in [-0.39, 0.29) is 12.5 Å². The van der Waals surface area contributed by atoms with Crippen LogP contribution in [-0.2, 0) is 4.79 Å². The zero-order chi connectivity index (χ0) is 17.1. The Balaban J connectivity index is 1.45. The van der Waals surface area contributed by atoms with Crippen LogP contribution in [0.2, 0.25) is 0 Å².